The van der Waals surface area contributed by atoms with Gasteiger partial charge in [0.25, 0.3) is 23.6 Å². The molecule has 0 spiro atoms. The van der Waals surface area contributed by atoms with Gasteiger partial charge in [0, 0.05) is 171 Å². The number of furan rings is 4. The lowest BCUT2D eigenvalue weighted by Gasteiger charge is -2.46. The fourth-order valence-corrected chi connectivity index (χ4v) is 19.3. The van der Waals surface area contributed by atoms with Crippen LogP contribution < -0.4 is 16.0 Å². The molecule has 4 saturated heterocycles. The maximum absolute atomic E-state index is 13.7. The SMILES string of the molecule is CC(C)(C)c1cc(-c2ccc(F)cc2)nc2cc(C(=O)N3CCN(C(=O)CCS(C)(=O)=O)CC3(C)C)oc12.CC(C)(C)c1cc(C2CCC(F)(F)CC2)nc2cc(C(=O)N3CCNC(=O)C3(C)C)oc12.CC(C)(C)c1cc(C2CCCC2)nc2cc(C(=O)N3CCNC(=O)C3(C)C)oc12.CC(C)(C)c1cc(C2CCCCCC2)nc2cc(C(=O)N3CCNC(=O)C3(C)C)oc12. The Morgan fingerprint density at radius 2 is 0.746 bits per heavy atom. The summed E-state index contributed by atoms with van der Waals surface area (Å²) in [5.74, 6) is -3.36. The number of fused-ring (bicyclic) bond motifs is 4. The van der Waals surface area contributed by atoms with Gasteiger partial charge in [0.1, 0.15) is 54.3 Å². The lowest BCUT2D eigenvalue weighted by molar-refractivity contribution is -0.135. The highest BCUT2D eigenvalue weighted by molar-refractivity contribution is 7.90. The Kier molecular flexibility index (Phi) is 27.3. The van der Waals surface area contributed by atoms with E-state index in [1.807, 2.05) is 67.5 Å². The average Bonchev–Trinajstić information content (AvgIpc) is 1.62. The van der Waals surface area contributed by atoms with E-state index in [0.717, 1.165) is 62.2 Å². The van der Waals surface area contributed by atoms with E-state index in [4.69, 9.17) is 37.6 Å². The molecule has 16 rings (SSSR count). The van der Waals surface area contributed by atoms with E-state index < -0.39 is 37.9 Å². The van der Waals surface area contributed by atoms with E-state index >= 15 is 0 Å². The third kappa shape index (κ3) is 21.0. The summed E-state index contributed by atoms with van der Waals surface area (Å²) in [7, 11) is -3.24. The molecule has 4 aliphatic heterocycles. The molecule has 26 nitrogen and oxygen atoms in total. The minimum Gasteiger partial charge on any atom is -0.449 e. The maximum atomic E-state index is 13.7. The van der Waals surface area contributed by atoms with E-state index in [1.165, 1.54) is 81.2 Å². The molecule has 1 aromatic carbocycles. The van der Waals surface area contributed by atoms with Gasteiger partial charge in [-0.1, -0.05) is 122 Å². The van der Waals surface area contributed by atoms with Crippen molar-refractivity contribution < 1.29 is 77.6 Å². The number of carbonyl (C=O) groups excluding carboxylic acids is 8. The van der Waals surface area contributed by atoms with Gasteiger partial charge in [-0.05, 0) is 164 Å². The first-order valence-electron chi connectivity index (χ1n) is 46.0. The number of amides is 8. The fraction of sp³-hybridized carbons (Fsp3) is 0.580. The number of sulfone groups is 1. The molecule has 8 aromatic heterocycles. The van der Waals surface area contributed by atoms with Crippen LogP contribution in [0.1, 0.15) is 334 Å². The molecule has 3 N–H and O–H groups in total. The van der Waals surface area contributed by atoms with E-state index in [-0.39, 0.29) is 142 Å². The van der Waals surface area contributed by atoms with Crippen molar-refractivity contribution in [2.24, 2.45) is 0 Å². The lowest BCUT2D eigenvalue weighted by atomic mass is 9.81. The Bertz CT molecular complexity index is 5930. The molecule has 0 bridgehead atoms. The Labute approximate surface area is 760 Å². The van der Waals surface area contributed by atoms with Crippen molar-refractivity contribution >= 4 is 101 Å². The van der Waals surface area contributed by atoms with E-state index in [9.17, 15) is 59.9 Å². The highest BCUT2D eigenvalue weighted by Gasteiger charge is 2.47. The van der Waals surface area contributed by atoms with Gasteiger partial charge in [-0.2, -0.15) is 0 Å². The molecule has 7 aliphatic rings. The van der Waals surface area contributed by atoms with Gasteiger partial charge >= 0.3 is 0 Å². The number of nitrogens with one attached hydrogen (secondary N) is 3. The standard InChI is InChI=1S/C28H34FN3O5S.C25H35N3O3.C24H31F2N3O3.C23H31N3O3/c1-27(2,3)20-15-21(18-7-9-19(29)10-8-18)30-22-16-23(37-25(20)22)26(34)32-13-12-31(17-28(32,4)5)24(33)11-14-38(6,35)36;1-24(2,3)17-14-18(16-10-8-6-7-9-11-16)27-19-15-20(31-21(17)19)22(29)28-13-12-26-23(30)25(28,4)5;1-22(2,3)15-12-16(14-6-8-24(25,26)9-7-14)28-17-13-18(32-19(15)17)20(30)29-11-10-27-21(31)23(29,4)5;1-22(2,3)15-12-16(14-8-6-7-9-14)25-17-13-18(29-19(15)17)20(27)26-11-10-24-21(28)23(26,4)5/h7-10,15-16H,11-14,17H2,1-6H3;14-16H,6-13H2,1-5H3,(H,26,30);12-14H,6-11H2,1-5H3,(H,27,31);12-14H,6-11H2,1-5H3,(H,24,28). The molecule has 7 fully saturated rings. The van der Waals surface area contributed by atoms with Crippen LogP contribution in [0.3, 0.4) is 0 Å². The number of rotatable bonds is 11. The van der Waals surface area contributed by atoms with E-state index in [0.29, 0.717) is 110 Å². The maximum Gasteiger partial charge on any atom is 0.290 e. The number of carbonyl (C=O) groups is 8. The third-order valence-corrected chi connectivity index (χ3v) is 27.8. The van der Waals surface area contributed by atoms with Crippen LogP contribution in [0.25, 0.3) is 55.7 Å². The van der Waals surface area contributed by atoms with Crippen LogP contribution in [0.5, 0.6) is 0 Å². The van der Waals surface area contributed by atoms with Crippen LogP contribution >= 0.6 is 0 Å². The lowest BCUT2D eigenvalue weighted by Crippen LogP contribution is -2.63. The first kappa shape index (κ1) is 97.0. The number of alkyl halides is 2. The molecule has 3 saturated carbocycles. The smallest absolute Gasteiger partial charge is 0.290 e. The van der Waals surface area contributed by atoms with Crippen LogP contribution in [0.2, 0.25) is 0 Å². The molecular formula is C100H131F3N12O14S. The molecule has 0 radical (unpaired) electrons. The molecule has 9 aromatic rings. The van der Waals surface area contributed by atoms with Crippen LogP contribution in [0.15, 0.2) is 90.5 Å². The van der Waals surface area contributed by atoms with Gasteiger partial charge in [0.05, 0.1) is 17.0 Å². The predicted octanol–water partition coefficient (Wildman–Crippen LogP) is 18.2. The number of nitrogens with zero attached hydrogens (tertiary/aromatic N) is 9. The van der Waals surface area contributed by atoms with Crippen LogP contribution in [-0.4, -0.2) is 199 Å². The molecule has 30 heteroatoms. The van der Waals surface area contributed by atoms with Crippen molar-refractivity contribution in [1.29, 1.82) is 0 Å². The summed E-state index contributed by atoms with van der Waals surface area (Å²) in [6.07, 6.45) is 13.8. The van der Waals surface area contributed by atoms with Gasteiger partial charge in [-0.25, -0.2) is 41.5 Å². The van der Waals surface area contributed by atoms with Crippen LogP contribution in [0, 0.1) is 5.82 Å². The summed E-state index contributed by atoms with van der Waals surface area (Å²) >= 11 is 0. The van der Waals surface area contributed by atoms with Gasteiger partial charge in [-0.15, -0.1) is 0 Å². The summed E-state index contributed by atoms with van der Waals surface area (Å²) in [6, 6.07) is 21.1. The number of aromatic nitrogens is 4. The monoisotopic (exact) mass is 1810 g/mol. The second-order valence-electron chi connectivity index (χ2n) is 42.7. The summed E-state index contributed by atoms with van der Waals surface area (Å²) in [6.45, 7) is 42.9. The number of hydrogen-bond acceptors (Lipinski definition) is 18. The summed E-state index contributed by atoms with van der Waals surface area (Å²) in [4.78, 5) is 130. The Morgan fingerprint density at radius 1 is 0.431 bits per heavy atom. The zero-order valence-corrected chi connectivity index (χ0v) is 80.4. The number of halogens is 3. The average molecular weight is 1810 g/mol. The van der Waals surface area contributed by atoms with Crippen molar-refractivity contribution in [2.75, 3.05) is 70.9 Å². The van der Waals surface area contributed by atoms with E-state index in [2.05, 4.69) is 69.6 Å². The predicted molar refractivity (Wildman–Crippen MR) is 494 cm³/mol. The zero-order chi connectivity index (χ0) is 94.9. The number of benzene rings is 1. The second kappa shape index (κ2) is 36.6. The van der Waals surface area contributed by atoms with Gasteiger partial charge in [-0.3, -0.25) is 38.4 Å². The fourth-order valence-electron chi connectivity index (χ4n) is 18.8. The third-order valence-electron chi connectivity index (χ3n) is 26.8. The highest BCUT2D eigenvalue weighted by atomic mass is 32.2. The van der Waals surface area contributed by atoms with E-state index in [1.54, 1.807) is 97.5 Å². The Hall–Kier alpha value is -10.5. The minimum absolute atomic E-state index is 0.0427. The normalized spacial score (nSPS) is 19.5. The number of piperazine rings is 4. The second-order valence-corrected chi connectivity index (χ2v) is 45.0. The highest BCUT2D eigenvalue weighted by Crippen LogP contribution is 2.46. The number of pyridine rings is 4. The van der Waals surface area contributed by atoms with Crippen molar-refractivity contribution in [3.8, 4) is 11.3 Å². The van der Waals surface area contributed by atoms with Gasteiger partial charge in [0.2, 0.25) is 29.6 Å². The first-order chi connectivity index (χ1) is 60.5. The first-order valence-corrected chi connectivity index (χ1v) is 48.1. The zero-order valence-electron chi connectivity index (χ0n) is 79.6. The summed E-state index contributed by atoms with van der Waals surface area (Å²) < 4.78 is 88.2. The molecule has 130 heavy (non-hydrogen) atoms. The summed E-state index contributed by atoms with van der Waals surface area (Å²) in [5.41, 5.74) is 8.96. The molecule has 702 valence electrons. The molecule has 8 amide bonds. The Balaban J connectivity index is 0.000000148. The van der Waals surface area contributed by atoms with Gasteiger partial charge < -0.3 is 58.1 Å². The molecule has 0 atom stereocenters. The molecule has 3 aliphatic carbocycles. The van der Waals surface area contributed by atoms with Crippen LogP contribution in [0.4, 0.5) is 13.2 Å². The van der Waals surface area contributed by atoms with Crippen molar-refractivity contribution in [3.63, 3.8) is 0 Å². The van der Waals surface area contributed by atoms with Crippen LogP contribution in [-0.2, 0) is 50.7 Å². The van der Waals surface area contributed by atoms with Crippen molar-refractivity contribution in [1.82, 2.24) is 60.4 Å². The number of hydrogen-bond donors (Lipinski definition) is 3. The quantitative estimate of drug-likeness (QED) is 0.101. The summed E-state index contributed by atoms with van der Waals surface area (Å²) in [5, 5.41) is 8.45. The minimum atomic E-state index is -3.24. The Morgan fingerprint density at radius 3 is 1.08 bits per heavy atom. The largest absolute Gasteiger partial charge is 0.449 e. The van der Waals surface area contributed by atoms with Crippen molar-refractivity contribution in [3.05, 3.63) is 141 Å². The molecule has 0 unspecified atom stereocenters. The molecular weight excluding hydrogens is 1680 g/mol. The topological polar surface area (TPSA) is 327 Å². The van der Waals surface area contributed by atoms with Crippen molar-refractivity contribution in [2.45, 2.75) is 302 Å². The van der Waals surface area contributed by atoms with Gasteiger partial charge in [0.15, 0.2) is 45.4 Å². The molecule has 12 heterocycles.